The lowest BCUT2D eigenvalue weighted by Crippen LogP contribution is -2.43. The third-order valence-corrected chi connectivity index (χ3v) is 7.66. The first-order chi connectivity index (χ1) is 18.0. The highest BCUT2D eigenvalue weighted by molar-refractivity contribution is 8.00. The molecule has 0 amide bonds. The van der Waals surface area contributed by atoms with E-state index in [0.29, 0.717) is 24.1 Å². The predicted molar refractivity (Wildman–Crippen MR) is 132 cm³/mol. The Labute approximate surface area is 212 Å². The minimum absolute atomic E-state index is 0.0383. The van der Waals surface area contributed by atoms with Crippen LogP contribution in [-0.4, -0.2) is 58.7 Å². The topological polar surface area (TPSA) is 83.9 Å². The van der Waals surface area contributed by atoms with Crippen molar-refractivity contribution in [2.24, 2.45) is 5.92 Å². The Morgan fingerprint density at radius 1 is 1.23 bits per heavy atom. The zero-order valence-electron chi connectivity index (χ0n) is 22.0. The van der Waals surface area contributed by atoms with Gasteiger partial charge < -0.3 is 9.84 Å². The second-order valence-electron chi connectivity index (χ2n) is 8.77. The van der Waals surface area contributed by atoms with Crippen LogP contribution in [0.25, 0.3) is 0 Å². The number of aliphatic carboxylic acids is 1. The zero-order valence-corrected chi connectivity index (χ0v) is 19.8. The number of ether oxygens (including phenoxy) is 1. The molecule has 2 aliphatic rings. The van der Waals surface area contributed by atoms with Gasteiger partial charge in [-0.15, -0.1) is 11.8 Å². The molecule has 35 heavy (non-hydrogen) atoms. The van der Waals surface area contributed by atoms with E-state index in [2.05, 4.69) is 0 Å². The second-order valence-corrected chi connectivity index (χ2v) is 9.96. The number of halogens is 1. The van der Waals surface area contributed by atoms with Crippen molar-refractivity contribution in [1.82, 2.24) is 4.90 Å². The largest absolute Gasteiger partial charge is 0.497 e. The number of likely N-dealkylation sites (tertiary alicyclic amines) is 1. The third-order valence-electron chi connectivity index (χ3n) is 6.29. The Kier molecular flexibility index (Phi) is 6.81. The molecule has 1 aliphatic heterocycles. The summed E-state index contributed by atoms with van der Waals surface area (Å²) in [7, 11) is -2.64. The summed E-state index contributed by atoms with van der Waals surface area (Å²) in [5.41, 5.74) is 1.13. The number of thioether (sulfide) groups is 1. The van der Waals surface area contributed by atoms with Gasteiger partial charge in [-0.05, 0) is 43.0 Å². The maximum atomic E-state index is 14.7. The Balaban J connectivity index is 1.48. The van der Waals surface area contributed by atoms with Gasteiger partial charge in [0.05, 0.1) is 22.9 Å². The van der Waals surface area contributed by atoms with Gasteiger partial charge in [-0.2, -0.15) is 0 Å². The molecule has 1 heterocycles. The lowest BCUT2D eigenvalue weighted by molar-refractivity contribution is -0.131. The summed E-state index contributed by atoms with van der Waals surface area (Å²) in [5, 5.41) is 9.21. The molecule has 6 nitrogen and oxygen atoms in total. The van der Waals surface area contributed by atoms with Gasteiger partial charge >= 0.3 is 5.97 Å². The summed E-state index contributed by atoms with van der Waals surface area (Å²) in [6, 6.07) is 11.3. The Hall–Kier alpha value is -2.97. The smallest absolute Gasteiger partial charge is 0.328 e. The molecule has 0 aromatic heterocycles. The number of methoxy groups -OCH3 is 1. The van der Waals surface area contributed by atoms with E-state index >= 15 is 0 Å². The number of carboxylic acids is 1. The Morgan fingerprint density at radius 3 is 2.74 bits per heavy atom. The molecule has 1 saturated carbocycles. The number of hydrogen-bond acceptors (Lipinski definition) is 6. The first-order valence-electron chi connectivity index (χ1n) is 12.9. The van der Waals surface area contributed by atoms with Gasteiger partial charge in [-0.3, -0.25) is 14.5 Å². The molecule has 1 saturated heterocycles. The third kappa shape index (κ3) is 6.18. The van der Waals surface area contributed by atoms with Gasteiger partial charge in [0.1, 0.15) is 11.6 Å². The van der Waals surface area contributed by atoms with Crippen LogP contribution in [0.1, 0.15) is 45.3 Å². The van der Waals surface area contributed by atoms with E-state index in [1.807, 2.05) is 4.90 Å². The van der Waals surface area contributed by atoms with E-state index in [9.17, 15) is 23.9 Å². The fourth-order valence-electron chi connectivity index (χ4n) is 4.40. The molecule has 8 heteroatoms. The fraction of sp³-hybridized carbons (Fsp3) is 0.370. The van der Waals surface area contributed by atoms with Crippen molar-refractivity contribution >= 4 is 29.3 Å². The van der Waals surface area contributed by atoms with E-state index in [1.54, 1.807) is 24.3 Å². The highest BCUT2D eigenvalue weighted by Crippen LogP contribution is 2.40. The number of carboxylic acid groups (broad SMARTS) is 1. The van der Waals surface area contributed by atoms with Gasteiger partial charge in [-0.25, -0.2) is 9.18 Å². The average molecular weight is 501 g/mol. The highest BCUT2D eigenvalue weighted by Gasteiger charge is 2.41. The van der Waals surface area contributed by atoms with Crippen LogP contribution in [0.5, 0.6) is 5.75 Å². The summed E-state index contributed by atoms with van der Waals surface area (Å²) in [4.78, 5) is 39.5. The molecule has 2 fully saturated rings. The molecule has 2 atom stereocenters. The van der Waals surface area contributed by atoms with E-state index in [0.717, 1.165) is 18.9 Å². The van der Waals surface area contributed by atoms with Crippen LogP contribution < -0.4 is 4.74 Å². The Bertz CT molecular complexity index is 1250. The average Bonchev–Trinajstić information content (AvgIpc) is 3.69. The van der Waals surface area contributed by atoms with Crippen molar-refractivity contribution in [2.45, 2.75) is 30.6 Å². The van der Waals surface area contributed by atoms with Crippen molar-refractivity contribution in [1.29, 1.82) is 0 Å². The maximum absolute atomic E-state index is 14.7. The number of rotatable bonds is 10. The molecule has 1 aliphatic carbocycles. The first kappa shape index (κ1) is 21.3. The number of carbonyl (C=O) groups excluding carboxylic acids is 2. The number of hydrogen-bond donors (Lipinski definition) is 1. The molecule has 2 unspecified atom stereocenters. The zero-order chi connectivity index (χ0) is 27.4. The van der Waals surface area contributed by atoms with Crippen molar-refractivity contribution in [3.8, 4) is 5.75 Å². The minimum atomic E-state index is -2.64. The fourth-order valence-corrected chi connectivity index (χ4v) is 5.55. The summed E-state index contributed by atoms with van der Waals surface area (Å²) in [5.74, 6) is -1.93. The quantitative estimate of drug-likeness (QED) is 0.378. The van der Waals surface area contributed by atoms with Crippen LogP contribution in [0.4, 0.5) is 4.39 Å². The van der Waals surface area contributed by atoms with Crippen LogP contribution in [0.15, 0.2) is 60.2 Å². The van der Waals surface area contributed by atoms with Crippen LogP contribution >= 0.6 is 11.8 Å². The van der Waals surface area contributed by atoms with E-state index < -0.39 is 24.9 Å². The summed E-state index contributed by atoms with van der Waals surface area (Å²) < 4.78 is 41.3. The number of ketones is 2. The van der Waals surface area contributed by atoms with E-state index in [1.165, 1.54) is 36.0 Å². The molecule has 1 N–H and O–H groups in total. The molecule has 0 spiro atoms. The van der Waals surface area contributed by atoms with Crippen molar-refractivity contribution in [3.05, 3.63) is 77.1 Å². The minimum Gasteiger partial charge on any atom is -0.497 e. The number of Topliss-reactive ketones (excluding diaryl/α,β-unsaturated/α-hetero) is 2. The lowest BCUT2D eigenvalue weighted by Gasteiger charge is -2.38. The van der Waals surface area contributed by atoms with Gasteiger partial charge in [0.25, 0.3) is 0 Å². The van der Waals surface area contributed by atoms with E-state index in [-0.39, 0.29) is 46.3 Å². The number of carbonyl (C=O) groups is 3. The monoisotopic (exact) mass is 500 g/mol. The van der Waals surface area contributed by atoms with Crippen LogP contribution in [0.3, 0.4) is 0 Å². The number of benzene rings is 2. The van der Waals surface area contributed by atoms with Crippen LogP contribution in [0, 0.1) is 11.7 Å². The van der Waals surface area contributed by atoms with Crippen molar-refractivity contribution in [3.63, 3.8) is 0 Å². The molecule has 0 radical (unpaired) electrons. The van der Waals surface area contributed by atoms with Gasteiger partial charge in [0.15, 0.2) is 11.6 Å². The lowest BCUT2D eigenvalue weighted by atomic mass is 9.93. The molecule has 184 valence electrons. The van der Waals surface area contributed by atoms with Gasteiger partial charge in [-0.1, -0.05) is 30.3 Å². The van der Waals surface area contributed by atoms with Gasteiger partial charge in [0.2, 0.25) is 0 Å². The second kappa shape index (κ2) is 11.2. The first-order valence-corrected chi connectivity index (χ1v) is 12.5. The molecule has 0 bridgehead atoms. The predicted octanol–water partition coefficient (Wildman–Crippen LogP) is 4.56. The Morgan fingerprint density at radius 2 is 2.03 bits per heavy atom. The highest BCUT2D eigenvalue weighted by atomic mass is 32.2. The normalized spacial score (nSPS) is 22.0. The SMILES string of the molecule is [2H]C([2H])([2H])Oc1cccc(C(=O)CSC2CCN(C(C(=O)C3CC3)c3ccccc3F)C/C2=C\C(=O)O)c1. The summed E-state index contributed by atoms with van der Waals surface area (Å²) >= 11 is 1.29. The van der Waals surface area contributed by atoms with Gasteiger partial charge in [0, 0.05) is 41.5 Å². The van der Waals surface area contributed by atoms with Crippen molar-refractivity contribution in [2.75, 3.05) is 25.9 Å². The van der Waals surface area contributed by atoms with Crippen molar-refractivity contribution < 1.29 is 32.7 Å². The molecule has 2 aromatic carbocycles. The van der Waals surface area contributed by atoms with Crippen LogP contribution in [0.2, 0.25) is 0 Å². The molecular weight excluding hydrogens is 469 g/mol. The molecule has 2 aromatic rings. The van der Waals surface area contributed by atoms with Crippen LogP contribution in [-0.2, 0) is 9.59 Å². The van der Waals surface area contributed by atoms with E-state index in [4.69, 9.17) is 8.85 Å². The maximum Gasteiger partial charge on any atom is 0.328 e. The number of nitrogens with zero attached hydrogens (tertiary/aromatic N) is 1. The standard InChI is InChI=1S/C27H28FNO5S/c1-34-20-6-4-5-18(13-20)23(30)16-35-24-11-12-29(15-19(24)14-25(31)32)26(27(33)17-9-10-17)21-7-2-3-8-22(21)28/h2-8,13-14,17,24,26H,9-12,15-16H2,1H3,(H,31,32)/b19-14+/i1D3. The summed E-state index contributed by atoms with van der Waals surface area (Å²) in [6.45, 7) is 0.597. The molecule has 4 rings (SSSR count). The summed E-state index contributed by atoms with van der Waals surface area (Å²) in [6.07, 6.45) is 3.13. The molecular formula is C27H28FNO5S. The number of piperidine rings is 1.